The zero-order valence-electron chi connectivity index (χ0n) is 9.94. The van der Waals surface area contributed by atoms with Crippen LogP contribution in [0.4, 0.5) is 10.1 Å². The van der Waals surface area contributed by atoms with Crippen LogP contribution in [0.5, 0.6) is 0 Å². The number of nitrogens with zero attached hydrogens (tertiary/aromatic N) is 2. The quantitative estimate of drug-likeness (QED) is 0.464. The van der Waals surface area contributed by atoms with Gasteiger partial charge < -0.3 is 10.2 Å². The van der Waals surface area contributed by atoms with E-state index >= 15 is 0 Å². The molecule has 0 amide bonds. The third-order valence-corrected chi connectivity index (χ3v) is 2.22. The normalized spacial score (nSPS) is 10.8. The lowest BCUT2D eigenvalue weighted by atomic mass is 10.2. The minimum atomic E-state index is -0.591. The lowest BCUT2D eigenvalue weighted by molar-refractivity contribution is -0.385. The summed E-state index contributed by atoms with van der Waals surface area (Å²) in [6.45, 7) is 2.03. The first-order valence-corrected chi connectivity index (χ1v) is 5.28. The maximum atomic E-state index is 13.1. The van der Waals surface area contributed by atoms with Gasteiger partial charge in [-0.15, -0.1) is 0 Å². The van der Waals surface area contributed by atoms with E-state index in [0.717, 1.165) is 19.2 Å². The average molecular weight is 241 g/mol. The van der Waals surface area contributed by atoms with Crippen LogP contribution in [0.1, 0.15) is 5.56 Å². The van der Waals surface area contributed by atoms with Gasteiger partial charge in [-0.25, -0.2) is 4.39 Å². The Morgan fingerprint density at radius 1 is 1.41 bits per heavy atom. The highest BCUT2D eigenvalue weighted by Gasteiger charge is 2.09. The fourth-order valence-corrected chi connectivity index (χ4v) is 1.38. The van der Waals surface area contributed by atoms with Crippen LogP contribution in [0.2, 0.25) is 0 Å². The highest BCUT2D eigenvalue weighted by molar-refractivity contribution is 5.35. The summed E-state index contributed by atoms with van der Waals surface area (Å²) < 4.78 is 13.1. The van der Waals surface area contributed by atoms with Crippen molar-refractivity contribution in [2.24, 2.45) is 0 Å². The second-order valence-electron chi connectivity index (χ2n) is 4.05. The Kier molecular flexibility index (Phi) is 4.99. The van der Waals surface area contributed by atoms with Crippen LogP contribution < -0.4 is 5.32 Å². The van der Waals surface area contributed by atoms with Crippen LogP contribution in [0, 0.1) is 15.9 Å². The molecule has 0 bridgehead atoms. The molecule has 5 nitrogen and oxygen atoms in total. The summed E-state index contributed by atoms with van der Waals surface area (Å²) in [4.78, 5) is 12.0. The van der Waals surface area contributed by atoms with Gasteiger partial charge in [-0.2, -0.15) is 0 Å². The predicted octanol–water partition coefficient (Wildman–Crippen LogP) is 1.39. The van der Waals surface area contributed by atoms with Crippen molar-refractivity contribution in [1.29, 1.82) is 0 Å². The highest BCUT2D eigenvalue weighted by atomic mass is 19.1. The third-order valence-electron chi connectivity index (χ3n) is 2.22. The second kappa shape index (κ2) is 6.27. The summed E-state index contributed by atoms with van der Waals surface area (Å²) in [5, 5.41) is 13.6. The maximum Gasteiger partial charge on any atom is 0.272 e. The lowest BCUT2D eigenvalue weighted by Gasteiger charge is -2.10. The van der Waals surface area contributed by atoms with Crippen molar-refractivity contribution in [2.75, 3.05) is 27.2 Å². The highest BCUT2D eigenvalue weighted by Crippen LogP contribution is 2.15. The van der Waals surface area contributed by atoms with Gasteiger partial charge in [0.2, 0.25) is 0 Å². The van der Waals surface area contributed by atoms with E-state index < -0.39 is 10.7 Å². The predicted molar refractivity (Wildman–Crippen MR) is 63.3 cm³/mol. The summed E-state index contributed by atoms with van der Waals surface area (Å²) in [5.74, 6) is -0.580. The van der Waals surface area contributed by atoms with Crippen LogP contribution in [-0.4, -0.2) is 37.0 Å². The average Bonchev–Trinajstić information content (AvgIpc) is 2.23. The molecule has 17 heavy (non-hydrogen) atoms. The van der Waals surface area contributed by atoms with Crippen LogP contribution >= 0.6 is 0 Å². The van der Waals surface area contributed by atoms with Crippen molar-refractivity contribution >= 4 is 5.69 Å². The SMILES string of the molecule is CN(C)CCNCc1cc(F)cc([N+](=O)[O-])c1. The Balaban J connectivity index is 2.56. The van der Waals surface area contributed by atoms with Crippen molar-refractivity contribution in [2.45, 2.75) is 6.54 Å². The number of hydrogen-bond acceptors (Lipinski definition) is 4. The Hall–Kier alpha value is -1.53. The minimum absolute atomic E-state index is 0.214. The van der Waals surface area contributed by atoms with Crippen LogP contribution in [0.3, 0.4) is 0 Å². The smallest absolute Gasteiger partial charge is 0.272 e. The number of likely N-dealkylation sites (N-methyl/N-ethyl adjacent to an activating group) is 1. The van der Waals surface area contributed by atoms with Gasteiger partial charge in [0.15, 0.2) is 0 Å². The second-order valence-corrected chi connectivity index (χ2v) is 4.05. The molecule has 0 unspecified atom stereocenters. The van der Waals surface area contributed by atoms with Gasteiger partial charge in [-0.3, -0.25) is 10.1 Å². The summed E-state index contributed by atoms with van der Waals surface area (Å²) in [6, 6.07) is 3.60. The Bertz CT molecular complexity index is 396. The van der Waals surface area contributed by atoms with Crippen molar-refractivity contribution in [3.05, 3.63) is 39.7 Å². The number of non-ortho nitro benzene ring substituents is 1. The van der Waals surface area contributed by atoms with Crippen LogP contribution in [0.25, 0.3) is 0 Å². The number of rotatable bonds is 6. The number of hydrogen-bond donors (Lipinski definition) is 1. The van der Waals surface area contributed by atoms with Gasteiger partial charge in [-0.05, 0) is 25.7 Å². The molecule has 0 saturated carbocycles. The molecule has 0 aromatic heterocycles. The maximum absolute atomic E-state index is 13.1. The Morgan fingerprint density at radius 3 is 2.71 bits per heavy atom. The van der Waals surface area contributed by atoms with Crippen molar-refractivity contribution < 1.29 is 9.31 Å². The molecule has 1 aromatic carbocycles. The summed E-state index contributed by atoms with van der Waals surface area (Å²) in [7, 11) is 3.91. The van der Waals surface area contributed by atoms with E-state index in [4.69, 9.17) is 0 Å². The molecule has 0 spiro atoms. The van der Waals surface area contributed by atoms with Crippen LogP contribution in [0.15, 0.2) is 18.2 Å². The topological polar surface area (TPSA) is 58.4 Å². The molecule has 0 saturated heterocycles. The molecule has 1 aromatic rings. The zero-order chi connectivity index (χ0) is 12.8. The largest absolute Gasteiger partial charge is 0.311 e. The first-order chi connectivity index (χ1) is 7.99. The molecule has 1 N–H and O–H groups in total. The van der Waals surface area contributed by atoms with E-state index in [2.05, 4.69) is 5.32 Å². The number of benzene rings is 1. The lowest BCUT2D eigenvalue weighted by Crippen LogP contribution is -2.26. The van der Waals surface area contributed by atoms with Gasteiger partial charge in [0.25, 0.3) is 5.69 Å². The molecule has 0 aliphatic carbocycles. The standard InChI is InChI=1S/C11H16FN3O2/c1-14(2)4-3-13-8-9-5-10(12)7-11(6-9)15(16)17/h5-7,13H,3-4,8H2,1-2H3. The number of nitro groups is 1. The summed E-state index contributed by atoms with van der Waals surface area (Å²) in [5.41, 5.74) is 0.366. The number of nitro benzene ring substituents is 1. The summed E-state index contributed by atoms with van der Waals surface area (Å²) >= 11 is 0. The van der Waals surface area contributed by atoms with Crippen molar-refractivity contribution in [3.8, 4) is 0 Å². The van der Waals surface area contributed by atoms with Crippen molar-refractivity contribution in [1.82, 2.24) is 10.2 Å². The molecule has 0 fully saturated rings. The fraction of sp³-hybridized carbons (Fsp3) is 0.455. The van der Waals surface area contributed by atoms with E-state index in [1.807, 2.05) is 19.0 Å². The van der Waals surface area contributed by atoms with Gasteiger partial charge in [-0.1, -0.05) is 0 Å². The summed E-state index contributed by atoms with van der Waals surface area (Å²) in [6.07, 6.45) is 0. The van der Waals surface area contributed by atoms with Crippen molar-refractivity contribution in [3.63, 3.8) is 0 Å². The van der Waals surface area contributed by atoms with Gasteiger partial charge in [0.05, 0.1) is 11.0 Å². The first kappa shape index (κ1) is 13.5. The molecule has 6 heteroatoms. The molecule has 0 atom stereocenters. The molecule has 0 heterocycles. The van der Waals surface area contributed by atoms with E-state index in [0.29, 0.717) is 12.1 Å². The number of nitrogens with one attached hydrogen (secondary N) is 1. The van der Waals surface area contributed by atoms with Gasteiger partial charge in [0.1, 0.15) is 5.82 Å². The fourth-order valence-electron chi connectivity index (χ4n) is 1.38. The minimum Gasteiger partial charge on any atom is -0.311 e. The Morgan fingerprint density at radius 2 is 2.12 bits per heavy atom. The van der Waals surface area contributed by atoms with Gasteiger partial charge in [0, 0.05) is 25.7 Å². The molecular weight excluding hydrogens is 225 g/mol. The molecule has 0 aliphatic heterocycles. The molecule has 94 valence electrons. The molecule has 0 aliphatic rings. The van der Waals surface area contributed by atoms with E-state index in [9.17, 15) is 14.5 Å². The van der Waals surface area contributed by atoms with Crippen LogP contribution in [-0.2, 0) is 6.54 Å². The molecular formula is C11H16FN3O2. The third kappa shape index (κ3) is 4.88. The monoisotopic (exact) mass is 241 g/mol. The van der Waals surface area contributed by atoms with E-state index in [-0.39, 0.29) is 5.69 Å². The Labute approximate surface area is 99.4 Å². The first-order valence-electron chi connectivity index (χ1n) is 5.28. The van der Waals surface area contributed by atoms with E-state index in [1.54, 1.807) is 0 Å². The molecule has 0 radical (unpaired) electrons. The number of halogens is 1. The zero-order valence-corrected chi connectivity index (χ0v) is 9.94. The van der Waals surface area contributed by atoms with E-state index in [1.165, 1.54) is 12.1 Å². The van der Waals surface area contributed by atoms with Gasteiger partial charge >= 0.3 is 0 Å². The molecule has 1 rings (SSSR count).